The predicted molar refractivity (Wildman–Crippen MR) is 62.3 cm³/mol. The number of hydrogen-bond acceptors (Lipinski definition) is 1. The number of ketones is 1. The molecule has 0 aliphatic rings. The van der Waals surface area contributed by atoms with Crippen LogP contribution in [0.5, 0.6) is 0 Å². The molecular weight excluding hydrogens is 172 g/mol. The van der Waals surface area contributed by atoms with Crippen molar-refractivity contribution in [1.82, 2.24) is 0 Å². The van der Waals surface area contributed by atoms with Crippen LogP contribution in [-0.2, 0) is 4.79 Å². The maximum Gasteiger partial charge on any atom is 0.181 e. The van der Waals surface area contributed by atoms with Gasteiger partial charge in [0.05, 0.1) is 0 Å². The highest BCUT2D eigenvalue weighted by Crippen LogP contribution is 2.22. The van der Waals surface area contributed by atoms with Gasteiger partial charge in [0.1, 0.15) is 0 Å². The van der Waals surface area contributed by atoms with Crippen LogP contribution >= 0.6 is 0 Å². The predicted octanol–water partition coefficient (Wildman–Crippen LogP) is 3.90. The van der Waals surface area contributed by atoms with Gasteiger partial charge in [-0.15, -0.1) is 0 Å². The van der Waals surface area contributed by atoms with Crippen molar-refractivity contribution in [2.24, 2.45) is 5.92 Å². The zero-order valence-corrected chi connectivity index (χ0v) is 10.1. The van der Waals surface area contributed by atoms with Crippen molar-refractivity contribution in [3.05, 3.63) is 23.3 Å². The number of allylic oxidation sites excluding steroid dienone is 4. The molecule has 0 N–H and O–H groups in total. The number of rotatable bonds is 5. The van der Waals surface area contributed by atoms with Crippen molar-refractivity contribution in [3.8, 4) is 0 Å². The largest absolute Gasteiger partial charge is 0.290 e. The van der Waals surface area contributed by atoms with Crippen LogP contribution in [0, 0.1) is 5.92 Å². The summed E-state index contributed by atoms with van der Waals surface area (Å²) in [5.74, 6) is 0.679. The van der Waals surface area contributed by atoms with E-state index in [4.69, 9.17) is 0 Å². The first kappa shape index (κ1) is 13.2. The SMILES string of the molecule is C/C=C/C(=O)/C(C)=C(\CC)C(C)CC. The molecule has 0 rings (SSSR count). The van der Waals surface area contributed by atoms with E-state index in [1.807, 2.05) is 13.8 Å². The number of carbonyl (C=O) groups is 1. The molecule has 1 heteroatoms. The topological polar surface area (TPSA) is 17.1 Å². The summed E-state index contributed by atoms with van der Waals surface area (Å²) in [5, 5.41) is 0. The first-order valence-electron chi connectivity index (χ1n) is 5.45. The molecule has 0 aromatic rings. The maximum atomic E-state index is 11.6. The maximum absolute atomic E-state index is 11.6. The second kappa shape index (κ2) is 6.58. The summed E-state index contributed by atoms with van der Waals surface area (Å²) in [6.07, 6.45) is 5.52. The summed E-state index contributed by atoms with van der Waals surface area (Å²) < 4.78 is 0. The van der Waals surface area contributed by atoms with Gasteiger partial charge in [0.25, 0.3) is 0 Å². The molecule has 14 heavy (non-hydrogen) atoms. The average Bonchev–Trinajstić information content (AvgIpc) is 2.18. The van der Waals surface area contributed by atoms with Crippen molar-refractivity contribution in [2.75, 3.05) is 0 Å². The van der Waals surface area contributed by atoms with Crippen LogP contribution in [-0.4, -0.2) is 5.78 Å². The Labute approximate surface area is 87.9 Å². The molecule has 0 aliphatic heterocycles. The molecule has 0 spiro atoms. The Hall–Kier alpha value is -0.850. The lowest BCUT2D eigenvalue weighted by molar-refractivity contribution is -0.111. The quantitative estimate of drug-likeness (QED) is 0.606. The highest BCUT2D eigenvalue weighted by molar-refractivity contribution is 6.04. The Morgan fingerprint density at radius 2 is 1.93 bits per heavy atom. The first-order chi connectivity index (χ1) is 6.58. The molecule has 80 valence electrons. The number of hydrogen-bond donors (Lipinski definition) is 0. The van der Waals surface area contributed by atoms with Gasteiger partial charge in [-0.3, -0.25) is 4.79 Å². The third-order valence-electron chi connectivity index (χ3n) is 2.76. The zero-order chi connectivity index (χ0) is 11.1. The van der Waals surface area contributed by atoms with Crippen molar-refractivity contribution >= 4 is 5.78 Å². The molecule has 0 aliphatic carbocycles. The molecular formula is C13H22O. The Balaban J connectivity index is 4.91. The van der Waals surface area contributed by atoms with Gasteiger partial charge in [0.15, 0.2) is 5.78 Å². The van der Waals surface area contributed by atoms with Crippen LogP contribution in [0.4, 0.5) is 0 Å². The van der Waals surface area contributed by atoms with Gasteiger partial charge in [0, 0.05) is 0 Å². The zero-order valence-electron chi connectivity index (χ0n) is 10.1. The fourth-order valence-electron chi connectivity index (χ4n) is 1.66. The summed E-state index contributed by atoms with van der Waals surface area (Å²) in [6, 6.07) is 0. The van der Waals surface area contributed by atoms with Gasteiger partial charge >= 0.3 is 0 Å². The van der Waals surface area contributed by atoms with E-state index in [0.29, 0.717) is 5.92 Å². The van der Waals surface area contributed by atoms with Gasteiger partial charge in [-0.25, -0.2) is 0 Å². The van der Waals surface area contributed by atoms with Crippen LogP contribution in [0.25, 0.3) is 0 Å². The molecule has 0 heterocycles. The van der Waals surface area contributed by atoms with E-state index in [1.165, 1.54) is 5.57 Å². The average molecular weight is 194 g/mol. The first-order valence-corrected chi connectivity index (χ1v) is 5.45. The molecule has 0 aromatic carbocycles. The lowest BCUT2D eigenvalue weighted by Gasteiger charge is -2.15. The molecule has 0 aromatic heterocycles. The molecule has 0 saturated heterocycles. The summed E-state index contributed by atoms with van der Waals surface area (Å²) in [5.41, 5.74) is 2.23. The summed E-state index contributed by atoms with van der Waals surface area (Å²) in [4.78, 5) is 11.6. The van der Waals surface area contributed by atoms with E-state index < -0.39 is 0 Å². The summed E-state index contributed by atoms with van der Waals surface area (Å²) >= 11 is 0. The van der Waals surface area contributed by atoms with Crippen LogP contribution < -0.4 is 0 Å². The van der Waals surface area contributed by atoms with E-state index in [9.17, 15) is 4.79 Å². The monoisotopic (exact) mass is 194 g/mol. The second-order valence-electron chi connectivity index (χ2n) is 3.68. The van der Waals surface area contributed by atoms with E-state index >= 15 is 0 Å². The third-order valence-corrected chi connectivity index (χ3v) is 2.76. The second-order valence-corrected chi connectivity index (χ2v) is 3.68. The summed E-state index contributed by atoms with van der Waals surface area (Å²) in [7, 11) is 0. The summed E-state index contributed by atoms with van der Waals surface area (Å²) in [6.45, 7) is 10.3. The minimum atomic E-state index is 0.157. The van der Waals surface area contributed by atoms with Crippen molar-refractivity contribution in [1.29, 1.82) is 0 Å². The molecule has 0 bridgehead atoms. The lowest BCUT2D eigenvalue weighted by Crippen LogP contribution is -2.05. The Bertz CT molecular complexity index is 246. The third kappa shape index (κ3) is 3.49. The number of carbonyl (C=O) groups excluding carboxylic acids is 1. The van der Waals surface area contributed by atoms with Crippen LogP contribution in [0.3, 0.4) is 0 Å². The van der Waals surface area contributed by atoms with E-state index in [1.54, 1.807) is 12.2 Å². The normalized spacial score (nSPS) is 15.5. The van der Waals surface area contributed by atoms with Crippen molar-refractivity contribution in [2.45, 2.75) is 47.5 Å². The van der Waals surface area contributed by atoms with E-state index in [2.05, 4.69) is 20.8 Å². The smallest absolute Gasteiger partial charge is 0.181 e. The minimum absolute atomic E-state index is 0.157. The van der Waals surface area contributed by atoms with Gasteiger partial charge in [-0.2, -0.15) is 0 Å². The standard InChI is InChI=1S/C13H22O/c1-6-9-13(14)11(5)12(8-3)10(4)7-2/h6,9-10H,7-8H2,1-5H3/b9-6+,12-11+. The van der Waals surface area contributed by atoms with Crippen LogP contribution in [0.1, 0.15) is 47.5 Å². The lowest BCUT2D eigenvalue weighted by atomic mass is 9.90. The molecule has 0 saturated carbocycles. The molecule has 0 radical (unpaired) electrons. The van der Waals surface area contributed by atoms with Gasteiger partial charge in [-0.1, -0.05) is 32.4 Å². The van der Waals surface area contributed by atoms with E-state index in [-0.39, 0.29) is 5.78 Å². The molecule has 1 unspecified atom stereocenters. The van der Waals surface area contributed by atoms with Crippen molar-refractivity contribution < 1.29 is 4.79 Å². The molecule has 1 atom stereocenters. The Kier molecular flexibility index (Phi) is 6.18. The van der Waals surface area contributed by atoms with Gasteiger partial charge in [-0.05, 0) is 44.3 Å². The molecule has 1 nitrogen and oxygen atoms in total. The fraction of sp³-hybridized carbons (Fsp3) is 0.615. The van der Waals surface area contributed by atoms with Crippen molar-refractivity contribution in [3.63, 3.8) is 0 Å². The van der Waals surface area contributed by atoms with Crippen LogP contribution in [0.15, 0.2) is 23.3 Å². The molecule has 0 fully saturated rings. The van der Waals surface area contributed by atoms with Gasteiger partial charge in [0.2, 0.25) is 0 Å². The Morgan fingerprint density at radius 3 is 2.29 bits per heavy atom. The fourth-order valence-corrected chi connectivity index (χ4v) is 1.66. The highest BCUT2D eigenvalue weighted by Gasteiger charge is 2.11. The Morgan fingerprint density at radius 1 is 1.36 bits per heavy atom. The van der Waals surface area contributed by atoms with E-state index in [0.717, 1.165) is 18.4 Å². The minimum Gasteiger partial charge on any atom is -0.290 e. The van der Waals surface area contributed by atoms with Crippen LogP contribution in [0.2, 0.25) is 0 Å². The highest BCUT2D eigenvalue weighted by atomic mass is 16.1. The molecule has 0 amide bonds. The van der Waals surface area contributed by atoms with Gasteiger partial charge < -0.3 is 0 Å².